The molecule has 5 nitrogen and oxygen atoms in total. The Morgan fingerprint density at radius 3 is 2.24 bits per heavy atom. The van der Waals surface area contributed by atoms with Crippen molar-refractivity contribution in [2.75, 3.05) is 0 Å². The molecule has 3 saturated carbocycles. The molecular weight excluding hydrogens is 522 g/mol. The smallest absolute Gasteiger partial charge is 0.226 e. The molecule has 0 radical (unpaired) electrons. The second kappa shape index (κ2) is 9.83. The predicted octanol–water partition coefficient (Wildman–Crippen LogP) is 8.28. The molecule has 0 saturated heterocycles. The summed E-state index contributed by atoms with van der Waals surface area (Å²) in [7, 11) is 0. The average Bonchev–Trinajstić information content (AvgIpc) is 2.90. The summed E-state index contributed by atoms with van der Waals surface area (Å²) in [6.07, 6.45) is 12.8. The molecule has 0 aliphatic heterocycles. The van der Waals surface area contributed by atoms with Crippen LogP contribution in [0.2, 0.25) is 0 Å². The molecule has 42 heavy (non-hydrogen) atoms. The number of rotatable bonds is 6. The summed E-state index contributed by atoms with van der Waals surface area (Å²) in [5.41, 5.74) is -0.162. The molecule has 5 aliphatic carbocycles. The van der Waals surface area contributed by atoms with E-state index in [0.717, 1.165) is 56.9 Å². The summed E-state index contributed by atoms with van der Waals surface area (Å²) < 4.78 is 0. The maximum atomic E-state index is 14.6. The molecule has 0 heterocycles. The van der Waals surface area contributed by atoms with Crippen molar-refractivity contribution >= 4 is 23.1 Å². The Morgan fingerprint density at radius 1 is 0.929 bits per heavy atom. The summed E-state index contributed by atoms with van der Waals surface area (Å²) in [5.74, 6) is 0.537. The van der Waals surface area contributed by atoms with Crippen LogP contribution in [0, 0.1) is 56.8 Å². The van der Waals surface area contributed by atoms with E-state index in [0.29, 0.717) is 19.3 Å². The average molecular weight is 574 g/mol. The maximum Gasteiger partial charge on any atom is 0.226 e. The number of carbonyl (C=O) groups is 4. The number of hydrogen-bond donors (Lipinski definition) is 0. The van der Waals surface area contributed by atoms with E-state index in [1.165, 1.54) is 0 Å². The molecule has 0 N–H and O–H groups in total. The molecular formula is C37H51NO4. The highest BCUT2D eigenvalue weighted by Gasteiger charge is 2.69. The second-order valence-corrected chi connectivity index (χ2v) is 16.8. The fourth-order valence-corrected chi connectivity index (χ4v) is 11.0. The van der Waals surface area contributed by atoms with Gasteiger partial charge in [-0.25, -0.2) is 4.85 Å². The number of hydrogen-bond acceptors (Lipinski definition) is 4. The third-order valence-corrected chi connectivity index (χ3v) is 13.7. The summed E-state index contributed by atoms with van der Waals surface area (Å²) in [4.78, 5) is 55.9. The topological polar surface area (TPSA) is 72.6 Å². The van der Waals surface area contributed by atoms with Crippen LogP contribution in [0.25, 0.3) is 4.85 Å². The first-order valence-electron chi connectivity index (χ1n) is 16.3. The van der Waals surface area contributed by atoms with Gasteiger partial charge < -0.3 is 9.59 Å². The van der Waals surface area contributed by atoms with Crippen molar-refractivity contribution in [3.8, 4) is 0 Å². The summed E-state index contributed by atoms with van der Waals surface area (Å²) >= 11 is 0. The lowest BCUT2D eigenvalue weighted by Gasteiger charge is -2.69. The maximum absolute atomic E-state index is 14.6. The SMILES string of the molecule is [C-]#[N+]C1=C[C@]2(C)C3=CC(=O)[C@@H]4[C@@H]5CC(C)(C)CC[C@]5(CCC(=O)CCC(C)=O)CC[C@@]4(C)[C@]3(C)CC[C@H]2C(C)(C)C1=O. The fourth-order valence-electron chi connectivity index (χ4n) is 11.0. The van der Waals surface area contributed by atoms with Gasteiger partial charge in [0.2, 0.25) is 5.70 Å². The zero-order valence-electron chi connectivity index (χ0n) is 27.2. The Kier molecular flexibility index (Phi) is 7.28. The first-order chi connectivity index (χ1) is 19.4. The minimum absolute atomic E-state index is 0.0273. The number of carbonyl (C=O) groups excluding carboxylic acids is 4. The van der Waals surface area contributed by atoms with Gasteiger partial charge in [-0.05, 0) is 97.9 Å². The predicted molar refractivity (Wildman–Crippen MR) is 164 cm³/mol. The van der Waals surface area contributed by atoms with Crippen LogP contribution in [0.5, 0.6) is 0 Å². The Hall–Kier alpha value is -2.35. The van der Waals surface area contributed by atoms with E-state index in [1.807, 2.05) is 26.0 Å². The lowest BCUT2D eigenvalue weighted by Crippen LogP contribution is -2.64. The van der Waals surface area contributed by atoms with Gasteiger partial charge in [0.15, 0.2) is 11.6 Å². The molecule has 0 aromatic heterocycles. The highest BCUT2D eigenvalue weighted by Crippen LogP contribution is 2.75. The monoisotopic (exact) mass is 573 g/mol. The van der Waals surface area contributed by atoms with Gasteiger partial charge in [-0.15, -0.1) is 0 Å². The van der Waals surface area contributed by atoms with Crippen molar-refractivity contribution < 1.29 is 19.2 Å². The third kappa shape index (κ3) is 4.36. The van der Waals surface area contributed by atoms with Crippen LogP contribution in [0.3, 0.4) is 0 Å². The van der Waals surface area contributed by atoms with Gasteiger partial charge in [-0.1, -0.05) is 60.1 Å². The van der Waals surface area contributed by atoms with Crippen molar-refractivity contribution in [2.24, 2.45) is 50.2 Å². The molecule has 0 aromatic carbocycles. The molecule has 0 aromatic rings. The minimum atomic E-state index is -0.656. The van der Waals surface area contributed by atoms with E-state index in [1.54, 1.807) is 6.92 Å². The summed E-state index contributed by atoms with van der Waals surface area (Å²) in [6.45, 7) is 24.9. The first-order valence-corrected chi connectivity index (χ1v) is 16.3. The summed E-state index contributed by atoms with van der Waals surface area (Å²) in [5, 5.41) is 0. The normalized spacial score (nSPS) is 41.6. The molecule has 0 bridgehead atoms. The van der Waals surface area contributed by atoms with Crippen LogP contribution in [0.1, 0.15) is 126 Å². The van der Waals surface area contributed by atoms with Crippen LogP contribution in [-0.4, -0.2) is 23.1 Å². The second-order valence-electron chi connectivity index (χ2n) is 16.8. The van der Waals surface area contributed by atoms with E-state index in [-0.39, 0.29) is 68.2 Å². The van der Waals surface area contributed by atoms with Crippen LogP contribution in [-0.2, 0) is 19.2 Å². The van der Waals surface area contributed by atoms with Crippen molar-refractivity contribution in [2.45, 2.75) is 126 Å². The Balaban J connectivity index is 1.57. The first kappa shape index (κ1) is 31.1. The standard InChI is InChI=1S/C37H51NO4/c1-23(39)10-11-24(40)12-15-37-18-16-32(2,3)21-25(37)30-27(41)20-29-34(6)22-26(38-9)31(42)33(4,5)28(34)13-14-35(29,7)36(30,8)17-19-37/h20,22,25,28,30H,10-19,21H2,1-8H3/t25-,28-,30-,34-,35+,36+,37+/m0/s1. The highest BCUT2D eigenvalue weighted by molar-refractivity contribution is 6.03. The Morgan fingerprint density at radius 2 is 1.60 bits per heavy atom. The van der Waals surface area contributed by atoms with Gasteiger partial charge in [-0.3, -0.25) is 9.59 Å². The molecule has 0 unspecified atom stereocenters. The van der Waals surface area contributed by atoms with Crippen LogP contribution in [0.15, 0.2) is 23.4 Å². The van der Waals surface area contributed by atoms with E-state index in [4.69, 9.17) is 6.57 Å². The fraction of sp³-hybridized carbons (Fsp3) is 0.757. The van der Waals surface area contributed by atoms with Gasteiger partial charge in [0, 0.05) is 36.0 Å². The zero-order chi connectivity index (χ0) is 31.1. The molecule has 3 fully saturated rings. The number of allylic oxidation sites excluding steroid dienone is 4. The lowest BCUT2D eigenvalue weighted by atomic mass is 9.34. The van der Waals surface area contributed by atoms with Gasteiger partial charge in [-0.2, -0.15) is 0 Å². The molecule has 7 atom stereocenters. The van der Waals surface area contributed by atoms with Gasteiger partial charge in [0.1, 0.15) is 11.6 Å². The molecule has 5 aliphatic rings. The largest absolute Gasteiger partial charge is 0.307 e. The number of Topliss-reactive ketones (excluding diaryl/α,β-unsaturated/α-hetero) is 3. The van der Waals surface area contributed by atoms with Crippen molar-refractivity contribution in [3.63, 3.8) is 0 Å². The van der Waals surface area contributed by atoms with E-state index >= 15 is 0 Å². The van der Waals surface area contributed by atoms with Crippen LogP contribution >= 0.6 is 0 Å². The number of fused-ring (bicyclic) bond motifs is 7. The minimum Gasteiger partial charge on any atom is -0.307 e. The van der Waals surface area contributed by atoms with E-state index < -0.39 is 10.8 Å². The van der Waals surface area contributed by atoms with E-state index in [2.05, 4.69) is 39.5 Å². The lowest BCUT2D eigenvalue weighted by molar-refractivity contribution is -0.173. The van der Waals surface area contributed by atoms with Crippen molar-refractivity contribution in [3.05, 3.63) is 34.8 Å². The summed E-state index contributed by atoms with van der Waals surface area (Å²) in [6, 6.07) is 0. The van der Waals surface area contributed by atoms with E-state index in [9.17, 15) is 19.2 Å². The molecule has 5 rings (SSSR count). The molecule has 0 amide bonds. The highest BCUT2D eigenvalue weighted by atomic mass is 16.1. The van der Waals surface area contributed by atoms with Crippen molar-refractivity contribution in [1.82, 2.24) is 0 Å². The molecule has 0 spiro atoms. The Bertz CT molecular complexity index is 1340. The van der Waals surface area contributed by atoms with Gasteiger partial charge in [0.05, 0.1) is 6.57 Å². The molecule has 5 heteroatoms. The van der Waals surface area contributed by atoms with Gasteiger partial charge >= 0.3 is 0 Å². The molecule has 228 valence electrons. The van der Waals surface area contributed by atoms with Crippen LogP contribution < -0.4 is 0 Å². The number of nitrogens with zero attached hydrogens (tertiary/aromatic N) is 1. The Labute approximate surface area is 253 Å². The third-order valence-electron chi connectivity index (χ3n) is 13.7. The quantitative estimate of drug-likeness (QED) is 0.300. The van der Waals surface area contributed by atoms with Crippen molar-refractivity contribution in [1.29, 1.82) is 0 Å². The number of ketones is 4. The van der Waals surface area contributed by atoms with Gasteiger partial charge in [0.25, 0.3) is 0 Å². The van der Waals surface area contributed by atoms with Crippen LogP contribution in [0.4, 0.5) is 0 Å². The zero-order valence-corrected chi connectivity index (χ0v) is 27.2.